The van der Waals surface area contributed by atoms with E-state index in [1.54, 1.807) is 25.3 Å². The van der Waals surface area contributed by atoms with E-state index >= 15 is 0 Å². The SMILES string of the molecule is COC(=O)Nc1cc(Cl)ccc1-c1cc(=O)n(CC(=O)CCc2cn[nH]n2)c(C)n1. The van der Waals surface area contributed by atoms with E-state index in [2.05, 4.69) is 30.4 Å². The standard InChI is InChI=1S/C19H19ClN6O4/c1-11-22-17(15-6-3-12(20)7-16(15)23-19(29)30-2)8-18(28)26(11)10-14(27)5-4-13-9-21-25-24-13/h3,6-9H,4-5,10H2,1-2H3,(H,23,29)(H,21,24,25). The van der Waals surface area contributed by atoms with Gasteiger partial charge in [-0.05, 0) is 25.1 Å². The molecule has 0 fully saturated rings. The summed E-state index contributed by atoms with van der Waals surface area (Å²) in [4.78, 5) is 41.0. The number of ketones is 1. The van der Waals surface area contributed by atoms with Crippen LogP contribution >= 0.6 is 11.6 Å². The highest BCUT2D eigenvalue weighted by molar-refractivity contribution is 6.31. The van der Waals surface area contributed by atoms with Crippen LogP contribution in [0.2, 0.25) is 5.02 Å². The number of nitrogens with zero attached hydrogens (tertiary/aromatic N) is 4. The summed E-state index contributed by atoms with van der Waals surface area (Å²) in [5.41, 5.74) is 1.48. The molecule has 0 bridgehead atoms. The van der Waals surface area contributed by atoms with Crippen molar-refractivity contribution >= 4 is 29.2 Å². The predicted molar refractivity (Wildman–Crippen MR) is 109 cm³/mol. The number of halogens is 1. The summed E-state index contributed by atoms with van der Waals surface area (Å²) in [5.74, 6) is 0.239. The summed E-state index contributed by atoms with van der Waals surface area (Å²) < 4.78 is 5.92. The Morgan fingerprint density at radius 2 is 2.10 bits per heavy atom. The fourth-order valence-corrected chi connectivity index (χ4v) is 3.00. The molecular weight excluding hydrogens is 412 g/mol. The smallest absolute Gasteiger partial charge is 0.411 e. The van der Waals surface area contributed by atoms with Gasteiger partial charge in [-0.3, -0.25) is 19.5 Å². The Kier molecular flexibility index (Phi) is 6.58. The van der Waals surface area contributed by atoms with Gasteiger partial charge in [0.05, 0.1) is 36.9 Å². The number of ether oxygens (including phenoxy) is 1. The molecule has 0 aliphatic heterocycles. The first-order valence-electron chi connectivity index (χ1n) is 8.97. The molecule has 10 nitrogen and oxygen atoms in total. The second kappa shape index (κ2) is 9.31. The lowest BCUT2D eigenvalue weighted by Crippen LogP contribution is -2.27. The first kappa shape index (κ1) is 21.2. The quantitative estimate of drug-likeness (QED) is 0.588. The minimum atomic E-state index is -0.679. The van der Waals surface area contributed by atoms with E-state index in [0.717, 1.165) is 0 Å². The maximum absolute atomic E-state index is 12.7. The second-order valence-corrected chi connectivity index (χ2v) is 6.86. The molecule has 0 atom stereocenters. The summed E-state index contributed by atoms with van der Waals surface area (Å²) in [6, 6.07) is 6.10. The molecule has 0 unspecified atom stereocenters. The summed E-state index contributed by atoms with van der Waals surface area (Å²) in [6.07, 6.45) is 1.53. The second-order valence-electron chi connectivity index (χ2n) is 6.42. The van der Waals surface area contributed by atoms with Gasteiger partial charge in [-0.2, -0.15) is 15.4 Å². The number of H-pyrrole nitrogens is 1. The van der Waals surface area contributed by atoms with Crippen molar-refractivity contribution in [3.05, 3.63) is 57.4 Å². The van der Waals surface area contributed by atoms with Crippen molar-refractivity contribution in [2.24, 2.45) is 0 Å². The number of amides is 1. The number of nitrogens with one attached hydrogen (secondary N) is 2. The van der Waals surface area contributed by atoms with Gasteiger partial charge < -0.3 is 4.74 Å². The summed E-state index contributed by atoms with van der Waals surface area (Å²) in [7, 11) is 1.24. The number of hydrogen-bond acceptors (Lipinski definition) is 7. The number of aryl methyl sites for hydroxylation is 2. The van der Waals surface area contributed by atoms with Gasteiger partial charge in [0.15, 0.2) is 5.78 Å². The Hall–Kier alpha value is -3.53. The number of methoxy groups -OCH3 is 1. The lowest BCUT2D eigenvalue weighted by Gasteiger charge is -2.13. The third-order valence-electron chi connectivity index (χ3n) is 4.34. The number of carbonyl (C=O) groups excluding carboxylic acids is 2. The Morgan fingerprint density at radius 3 is 2.77 bits per heavy atom. The van der Waals surface area contributed by atoms with Gasteiger partial charge in [0.2, 0.25) is 0 Å². The van der Waals surface area contributed by atoms with Gasteiger partial charge in [0.1, 0.15) is 5.82 Å². The number of aromatic nitrogens is 5. The first-order chi connectivity index (χ1) is 14.4. The molecule has 30 heavy (non-hydrogen) atoms. The Morgan fingerprint density at radius 1 is 1.30 bits per heavy atom. The highest BCUT2D eigenvalue weighted by Crippen LogP contribution is 2.29. The number of Topliss-reactive ketones (excluding diaryl/α,β-unsaturated/α-hetero) is 1. The molecule has 0 saturated heterocycles. The molecular formula is C19H19ClN6O4. The highest BCUT2D eigenvalue weighted by Gasteiger charge is 2.15. The fraction of sp³-hybridized carbons (Fsp3) is 0.263. The van der Waals surface area contributed by atoms with Crippen molar-refractivity contribution in [3.63, 3.8) is 0 Å². The van der Waals surface area contributed by atoms with Crippen LogP contribution in [-0.2, 0) is 22.5 Å². The number of aromatic amines is 1. The van der Waals surface area contributed by atoms with Crippen LogP contribution in [0.1, 0.15) is 17.9 Å². The van der Waals surface area contributed by atoms with Crippen LogP contribution in [0.25, 0.3) is 11.3 Å². The highest BCUT2D eigenvalue weighted by atomic mass is 35.5. The zero-order valence-electron chi connectivity index (χ0n) is 16.3. The molecule has 2 N–H and O–H groups in total. The lowest BCUT2D eigenvalue weighted by molar-refractivity contribution is -0.119. The number of carbonyl (C=O) groups is 2. The number of benzene rings is 1. The molecule has 3 aromatic rings. The Bertz CT molecular complexity index is 1130. The van der Waals surface area contributed by atoms with Crippen molar-refractivity contribution in [3.8, 4) is 11.3 Å². The van der Waals surface area contributed by atoms with Crippen LogP contribution in [0, 0.1) is 6.92 Å². The lowest BCUT2D eigenvalue weighted by atomic mass is 10.1. The number of anilines is 1. The first-order valence-corrected chi connectivity index (χ1v) is 9.35. The van der Waals surface area contributed by atoms with Crippen molar-refractivity contribution in [2.75, 3.05) is 12.4 Å². The van der Waals surface area contributed by atoms with Crippen LogP contribution in [0.4, 0.5) is 10.5 Å². The van der Waals surface area contributed by atoms with Gasteiger partial charge in [-0.15, -0.1) is 0 Å². The van der Waals surface area contributed by atoms with Gasteiger partial charge in [0, 0.05) is 29.5 Å². The maximum atomic E-state index is 12.7. The molecule has 0 radical (unpaired) electrons. The molecule has 1 aromatic carbocycles. The molecule has 0 aliphatic carbocycles. The molecule has 3 rings (SSSR count). The van der Waals surface area contributed by atoms with Gasteiger partial charge in [-0.25, -0.2) is 9.78 Å². The number of rotatable bonds is 7. The van der Waals surface area contributed by atoms with E-state index in [1.807, 2.05) is 0 Å². The molecule has 2 aromatic heterocycles. The maximum Gasteiger partial charge on any atom is 0.411 e. The molecule has 2 heterocycles. The van der Waals surface area contributed by atoms with E-state index < -0.39 is 6.09 Å². The zero-order chi connectivity index (χ0) is 21.7. The van der Waals surface area contributed by atoms with E-state index in [1.165, 1.54) is 23.8 Å². The van der Waals surface area contributed by atoms with E-state index in [9.17, 15) is 14.4 Å². The zero-order valence-corrected chi connectivity index (χ0v) is 17.1. The Labute approximate surface area is 176 Å². The molecule has 0 aliphatic rings. The average molecular weight is 431 g/mol. The molecule has 11 heteroatoms. The van der Waals surface area contributed by atoms with E-state index in [-0.39, 0.29) is 24.3 Å². The van der Waals surface area contributed by atoms with Gasteiger partial charge >= 0.3 is 6.09 Å². The molecule has 1 amide bonds. The fourth-order valence-electron chi connectivity index (χ4n) is 2.82. The van der Waals surface area contributed by atoms with Crippen LogP contribution in [-0.4, -0.2) is 43.9 Å². The van der Waals surface area contributed by atoms with Crippen LogP contribution in [0.15, 0.2) is 35.3 Å². The normalized spacial score (nSPS) is 10.6. The molecule has 156 valence electrons. The van der Waals surface area contributed by atoms with Crippen molar-refractivity contribution < 1.29 is 14.3 Å². The summed E-state index contributed by atoms with van der Waals surface area (Å²) in [5, 5.41) is 13.0. The van der Waals surface area contributed by atoms with Crippen molar-refractivity contribution in [1.82, 2.24) is 25.0 Å². The predicted octanol–water partition coefficient (Wildman–Crippen LogP) is 2.37. The van der Waals surface area contributed by atoms with Crippen LogP contribution < -0.4 is 10.9 Å². The monoisotopic (exact) mass is 430 g/mol. The third kappa shape index (κ3) is 5.09. The Balaban J connectivity index is 1.83. The topological polar surface area (TPSA) is 132 Å². The number of hydrogen-bond donors (Lipinski definition) is 2. The van der Waals surface area contributed by atoms with Crippen molar-refractivity contribution in [1.29, 1.82) is 0 Å². The van der Waals surface area contributed by atoms with Crippen LogP contribution in [0.5, 0.6) is 0 Å². The minimum Gasteiger partial charge on any atom is -0.453 e. The summed E-state index contributed by atoms with van der Waals surface area (Å²) >= 11 is 6.02. The molecule has 0 spiro atoms. The van der Waals surface area contributed by atoms with E-state index in [0.29, 0.717) is 39.9 Å². The van der Waals surface area contributed by atoms with Crippen molar-refractivity contribution in [2.45, 2.75) is 26.3 Å². The average Bonchev–Trinajstić information content (AvgIpc) is 3.22. The largest absolute Gasteiger partial charge is 0.453 e. The minimum absolute atomic E-state index is 0.0936. The van der Waals surface area contributed by atoms with Gasteiger partial charge in [0.25, 0.3) is 5.56 Å². The van der Waals surface area contributed by atoms with Crippen LogP contribution in [0.3, 0.4) is 0 Å². The molecule has 0 saturated carbocycles. The summed E-state index contributed by atoms with van der Waals surface area (Å²) in [6.45, 7) is 1.54. The van der Waals surface area contributed by atoms with E-state index in [4.69, 9.17) is 11.6 Å². The third-order valence-corrected chi connectivity index (χ3v) is 4.57. The van der Waals surface area contributed by atoms with Gasteiger partial charge in [-0.1, -0.05) is 11.6 Å².